The molecule has 1 amide bonds. The van der Waals surface area contributed by atoms with Crippen LogP contribution in [0.5, 0.6) is 5.75 Å². The summed E-state index contributed by atoms with van der Waals surface area (Å²) < 4.78 is 10.4. The first-order chi connectivity index (χ1) is 10.3. The van der Waals surface area contributed by atoms with Gasteiger partial charge < -0.3 is 20.1 Å². The van der Waals surface area contributed by atoms with Gasteiger partial charge in [0, 0.05) is 19.2 Å². The number of hydrogen-bond donors (Lipinski definition) is 2. The Morgan fingerprint density at radius 3 is 2.73 bits per heavy atom. The smallest absolute Gasteiger partial charge is 0.251 e. The third-order valence-electron chi connectivity index (χ3n) is 3.67. The monoisotopic (exact) mass is 328 g/mol. The molecule has 0 saturated carbocycles. The van der Waals surface area contributed by atoms with Crippen LogP contribution in [0.2, 0.25) is 0 Å². The van der Waals surface area contributed by atoms with Gasteiger partial charge in [0.25, 0.3) is 5.91 Å². The van der Waals surface area contributed by atoms with Crippen molar-refractivity contribution in [3.05, 3.63) is 29.8 Å². The summed E-state index contributed by atoms with van der Waals surface area (Å²) in [5.41, 5.74) is 0.665. The fourth-order valence-electron chi connectivity index (χ4n) is 2.40. The standard InChI is InChI=1S/C16H24N2O3.ClH/c1-20-10-11-21-15-4-2-14(3-5-15)16(19)18-9-7-13-6-8-17-12-13;/h2-5,13,17H,6-12H2,1H3,(H,18,19);1H. The molecule has 0 aliphatic carbocycles. The topological polar surface area (TPSA) is 59.6 Å². The maximum Gasteiger partial charge on any atom is 0.251 e. The highest BCUT2D eigenvalue weighted by atomic mass is 35.5. The Balaban J connectivity index is 0.00000242. The molecule has 1 aliphatic rings. The molecule has 1 saturated heterocycles. The van der Waals surface area contributed by atoms with Gasteiger partial charge in [-0.1, -0.05) is 0 Å². The Morgan fingerprint density at radius 1 is 1.32 bits per heavy atom. The van der Waals surface area contributed by atoms with Crippen LogP contribution in [0.3, 0.4) is 0 Å². The van der Waals surface area contributed by atoms with E-state index in [4.69, 9.17) is 9.47 Å². The average molecular weight is 329 g/mol. The van der Waals surface area contributed by atoms with Gasteiger partial charge in [0.2, 0.25) is 0 Å². The number of halogens is 1. The summed E-state index contributed by atoms with van der Waals surface area (Å²) in [7, 11) is 1.64. The Kier molecular flexibility index (Phi) is 8.89. The summed E-state index contributed by atoms with van der Waals surface area (Å²) in [5, 5.41) is 6.30. The van der Waals surface area contributed by atoms with Gasteiger partial charge in [0.1, 0.15) is 12.4 Å². The molecule has 1 fully saturated rings. The molecule has 2 rings (SSSR count). The van der Waals surface area contributed by atoms with Crippen LogP contribution in [0, 0.1) is 5.92 Å². The molecular weight excluding hydrogens is 304 g/mol. The number of carbonyl (C=O) groups excluding carboxylic acids is 1. The first kappa shape index (κ1) is 18.7. The highest BCUT2D eigenvalue weighted by molar-refractivity contribution is 5.94. The molecule has 0 radical (unpaired) electrons. The van der Waals surface area contributed by atoms with E-state index < -0.39 is 0 Å². The van der Waals surface area contributed by atoms with Gasteiger partial charge in [-0.3, -0.25) is 4.79 Å². The van der Waals surface area contributed by atoms with Gasteiger partial charge in [-0.05, 0) is 56.1 Å². The van der Waals surface area contributed by atoms with E-state index in [9.17, 15) is 4.79 Å². The molecule has 0 aromatic heterocycles. The van der Waals surface area contributed by atoms with E-state index in [1.807, 2.05) is 12.1 Å². The number of rotatable bonds is 8. The van der Waals surface area contributed by atoms with Crippen LogP contribution in [0.1, 0.15) is 23.2 Å². The zero-order valence-electron chi connectivity index (χ0n) is 13.0. The lowest BCUT2D eigenvalue weighted by atomic mass is 10.1. The summed E-state index contributed by atoms with van der Waals surface area (Å²) in [6.45, 7) is 3.97. The number of carbonyl (C=O) groups is 1. The lowest BCUT2D eigenvalue weighted by Gasteiger charge is -2.10. The minimum Gasteiger partial charge on any atom is -0.491 e. The first-order valence-electron chi connectivity index (χ1n) is 7.50. The number of hydrogen-bond acceptors (Lipinski definition) is 4. The van der Waals surface area contributed by atoms with Crippen molar-refractivity contribution < 1.29 is 14.3 Å². The summed E-state index contributed by atoms with van der Waals surface area (Å²) in [6, 6.07) is 7.19. The van der Waals surface area contributed by atoms with E-state index in [-0.39, 0.29) is 18.3 Å². The molecule has 6 heteroatoms. The molecule has 1 unspecified atom stereocenters. The van der Waals surface area contributed by atoms with Crippen LogP contribution in [0.15, 0.2) is 24.3 Å². The van der Waals surface area contributed by atoms with Crippen molar-refractivity contribution in [1.82, 2.24) is 10.6 Å². The molecule has 1 heterocycles. The van der Waals surface area contributed by atoms with Crippen molar-refractivity contribution in [3.8, 4) is 5.75 Å². The van der Waals surface area contributed by atoms with E-state index >= 15 is 0 Å². The summed E-state index contributed by atoms with van der Waals surface area (Å²) in [5.74, 6) is 1.42. The van der Waals surface area contributed by atoms with Crippen molar-refractivity contribution in [1.29, 1.82) is 0 Å². The normalized spacial score (nSPS) is 16.9. The highest BCUT2D eigenvalue weighted by Crippen LogP contribution is 2.13. The molecular formula is C16H25ClN2O3. The van der Waals surface area contributed by atoms with Crippen molar-refractivity contribution >= 4 is 18.3 Å². The minimum absolute atomic E-state index is 0. The number of nitrogens with one attached hydrogen (secondary N) is 2. The van der Waals surface area contributed by atoms with Crippen LogP contribution in [0.25, 0.3) is 0 Å². The van der Waals surface area contributed by atoms with Gasteiger partial charge in [-0.2, -0.15) is 0 Å². The SMILES string of the molecule is COCCOc1ccc(C(=O)NCCC2CCNC2)cc1.Cl. The summed E-state index contributed by atoms with van der Waals surface area (Å²) >= 11 is 0. The molecule has 2 N–H and O–H groups in total. The van der Waals surface area contributed by atoms with Gasteiger partial charge in [-0.25, -0.2) is 0 Å². The Hall–Kier alpha value is -1.30. The largest absolute Gasteiger partial charge is 0.491 e. The second-order valence-electron chi connectivity index (χ2n) is 5.27. The quantitative estimate of drug-likeness (QED) is 0.715. The van der Waals surface area contributed by atoms with Crippen LogP contribution in [-0.2, 0) is 4.74 Å². The molecule has 1 aromatic carbocycles. The van der Waals surface area contributed by atoms with E-state index in [2.05, 4.69) is 10.6 Å². The minimum atomic E-state index is -0.0237. The maximum absolute atomic E-state index is 12.0. The van der Waals surface area contributed by atoms with Gasteiger partial charge in [0.15, 0.2) is 0 Å². The molecule has 0 spiro atoms. The van der Waals surface area contributed by atoms with Crippen LogP contribution < -0.4 is 15.4 Å². The molecule has 1 atom stereocenters. The van der Waals surface area contributed by atoms with Crippen LogP contribution >= 0.6 is 12.4 Å². The van der Waals surface area contributed by atoms with E-state index in [1.54, 1.807) is 19.2 Å². The van der Waals surface area contributed by atoms with Crippen molar-refractivity contribution in [2.24, 2.45) is 5.92 Å². The maximum atomic E-state index is 12.0. The number of benzene rings is 1. The third kappa shape index (κ3) is 6.22. The number of ether oxygens (including phenoxy) is 2. The Morgan fingerprint density at radius 2 is 2.09 bits per heavy atom. The number of methoxy groups -OCH3 is 1. The van der Waals surface area contributed by atoms with Gasteiger partial charge >= 0.3 is 0 Å². The second-order valence-corrected chi connectivity index (χ2v) is 5.27. The predicted octanol–water partition coefficient (Wildman–Crippen LogP) is 1.86. The third-order valence-corrected chi connectivity index (χ3v) is 3.67. The van der Waals surface area contributed by atoms with Crippen molar-refractivity contribution in [2.45, 2.75) is 12.8 Å². The van der Waals surface area contributed by atoms with E-state index in [0.717, 1.165) is 31.8 Å². The van der Waals surface area contributed by atoms with Gasteiger partial charge in [0.05, 0.1) is 6.61 Å². The van der Waals surface area contributed by atoms with E-state index in [0.29, 0.717) is 24.7 Å². The fraction of sp³-hybridized carbons (Fsp3) is 0.562. The zero-order chi connectivity index (χ0) is 14.9. The van der Waals surface area contributed by atoms with Crippen molar-refractivity contribution in [3.63, 3.8) is 0 Å². The highest BCUT2D eigenvalue weighted by Gasteiger charge is 2.14. The molecule has 5 nitrogen and oxygen atoms in total. The lowest BCUT2D eigenvalue weighted by molar-refractivity contribution is 0.0951. The average Bonchev–Trinajstić information content (AvgIpc) is 3.01. The fourth-order valence-corrected chi connectivity index (χ4v) is 2.40. The van der Waals surface area contributed by atoms with E-state index in [1.165, 1.54) is 6.42 Å². The molecule has 124 valence electrons. The van der Waals surface area contributed by atoms with Crippen molar-refractivity contribution in [2.75, 3.05) is 40.0 Å². The Labute approximate surface area is 138 Å². The van der Waals surface area contributed by atoms with Gasteiger partial charge in [-0.15, -0.1) is 12.4 Å². The molecule has 1 aliphatic heterocycles. The summed E-state index contributed by atoms with van der Waals surface area (Å²) in [4.78, 5) is 12.0. The summed E-state index contributed by atoms with van der Waals surface area (Å²) in [6.07, 6.45) is 2.25. The Bertz CT molecular complexity index is 434. The predicted molar refractivity (Wildman–Crippen MR) is 89.0 cm³/mol. The molecule has 1 aromatic rings. The van der Waals surface area contributed by atoms with Crippen LogP contribution in [0.4, 0.5) is 0 Å². The van der Waals surface area contributed by atoms with Crippen LogP contribution in [-0.4, -0.2) is 45.9 Å². The zero-order valence-corrected chi connectivity index (χ0v) is 13.8. The molecule has 22 heavy (non-hydrogen) atoms. The lowest BCUT2D eigenvalue weighted by Crippen LogP contribution is -2.26. The molecule has 0 bridgehead atoms. The second kappa shape index (κ2) is 10.4. The first-order valence-corrected chi connectivity index (χ1v) is 7.50. The number of amides is 1.